The van der Waals surface area contributed by atoms with E-state index in [1.807, 2.05) is 18.7 Å². The summed E-state index contributed by atoms with van der Waals surface area (Å²) >= 11 is 1.83. The van der Waals surface area contributed by atoms with Gasteiger partial charge in [-0.05, 0) is 25.1 Å². The maximum atomic E-state index is 12.6. The molecule has 0 radical (unpaired) electrons. The predicted octanol–water partition coefficient (Wildman–Crippen LogP) is 2.30. The van der Waals surface area contributed by atoms with Crippen molar-refractivity contribution in [2.24, 2.45) is 0 Å². The number of hydrogen-bond donors (Lipinski definition) is 1. The van der Waals surface area contributed by atoms with Crippen molar-refractivity contribution in [3.05, 3.63) is 17.9 Å². The highest BCUT2D eigenvalue weighted by atomic mass is 32.2. The second-order valence-corrected chi connectivity index (χ2v) is 9.43. The van der Waals surface area contributed by atoms with E-state index >= 15 is 0 Å². The van der Waals surface area contributed by atoms with Gasteiger partial charge in [0.2, 0.25) is 5.09 Å². The summed E-state index contributed by atoms with van der Waals surface area (Å²) in [6.45, 7) is 8.78. The molecule has 1 saturated heterocycles. The van der Waals surface area contributed by atoms with Gasteiger partial charge in [0.05, 0.1) is 6.54 Å². The predicted molar refractivity (Wildman–Crippen MR) is 86.0 cm³/mol. The number of thioether (sulfide) groups is 1. The van der Waals surface area contributed by atoms with Gasteiger partial charge >= 0.3 is 0 Å². The van der Waals surface area contributed by atoms with Gasteiger partial charge < -0.3 is 9.73 Å². The van der Waals surface area contributed by atoms with E-state index in [1.54, 1.807) is 16.4 Å². The van der Waals surface area contributed by atoms with E-state index in [0.717, 1.165) is 18.7 Å². The summed E-state index contributed by atoms with van der Waals surface area (Å²) in [6, 6.07) is 3.29. The molecule has 1 aliphatic rings. The second-order valence-electron chi connectivity index (χ2n) is 5.76. The van der Waals surface area contributed by atoms with Crippen LogP contribution in [0.2, 0.25) is 0 Å². The summed E-state index contributed by atoms with van der Waals surface area (Å²) in [5.74, 6) is 1.47. The van der Waals surface area contributed by atoms with Gasteiger partial charge in [0.15, 0.2) is 0 Å². The van der Waals surface area contributed by atoms with E-state index in [9.17, 15) is 8.42 Å². The molecular weight excluding hydrogens is 308 g/mol. The van der Waals surface area contributed by atoms with Crippen LogP contribution in [-0.4, -0.2) is 42.9 Å². The Hall–Kier alpha value is -0.500. The Morgan fingerprint density at radius 2 is 2.14 bits per heavy atom. The molecule has 0 bridgehead atoms. The second kappa shape index (κ2) is 6.73. The zero-order valence-electron chi connectivity index (χ0n) is 12.9. The molecule has 0 amide bonds. The average molecular weight is 332 g/mol. The number of nitrogens with zero attached hydrogens (tertiary/aromatic N) is 1. The highest BCUT2D eigenvalue weighted by Crippen LogP contribution is 2.32. The van der Waals surface area contributed by atoms with E-state index in [2.05, 4.69) is 19.2 Å². The van der Waals surface area contributed by atoms with E-state index in [1.165, 1.54) is 0 Å². The molecule has 120 valence electrons. The lowest BCUT2D eigenvalue weighted by Gasteiger charge is -2.21. The smallest absolute Gasteiger partial charge is 0.276 e. The van der Waals surface area contributed by atoms with Crippen molar-refractivity contribution in [1.82, 2.24) is 9.62 Å². The molecule has 1 fully saturated rings. The van der Waals surface area contributed by atoms with Crippen LogP contribution in [0.4, 0.5) is 0 Å². The zero-order chi connectivity index (χ0) is 15.5. The first kappa shape index (κ1) is 16.9. The molecule has 0 aromatic carbocycles. The van der Waals surface area contributed by atoms with Crippen molar-refractivity contribution in [1.29, 1.82) is 0 Å². The zero-order valence-corrected chi connectivity index (χ0v) is 14.5. The summed E-state index contributed by atoms with van der Waals surface area (Å²) in [4.78, 5) is 0. The largest absolute Gasteiger partial charge is 0.447 e. The Kier molecular flexibility index (Phi) is 5.40. The summed E-state index contributed by atoms with van der Waals surface area (Å²) < 4.78 is 32.5. The van der Waals surface area contributed by atoms with Gasteiger partial charge in [-0.3, -0.25) is 0 Å². The highest BCUT2D eigenvalue weighted by molar-refractivity contribution is 8.00. The van der Waals surface area contributed by atoms with Crippen LogP contribution in [0.15, 0.2) is 21.6 Å². The van der Waals surface area contributed by atoms with Crippen LogP contribution in [0.1, 0.15) is 33.0 Å². The van der Waals surface area contributed by atoms with E-state index in [-0.39, 0.29) is 9.84 Å². The Balaban J connectivity index is 2.12. The van der Waals surface area contributed by atoms with Gasteiger partial charge in [0.1, 0.15) is 5.76 Å². The number of rotatable bonds is 5. The fourth-order valence-electron chi connectivity index (χ4n) is 2.21. The molecule has 7 heteroatoms. The van der Waals surface area contributed by atoms with Gasteiger partial charge in [-0.1, -0.05) is 20.8 Å². The molecule has 2 rings (SSSR count). The number of sulfonamides is 1. The van der Waals surface area contributed by atoms with Crippen molar-refractivity contribution in [3.63, 3.8) is 0 Å². The molecule has 0 atom stereocenters. The number of furan rings is 1. The van der Waals surface area contributed by atoms with E-state index in [0.29, 0.717) is 25.4 Å². The molecule has 5 nitrogen and oxygen atoms in total. The van der Waals surface area contributed by atoms with E-state index in [4.69, 9.17) is 4.42 Å². The van der Waals surface area contributed by atoms with Gasteiger partial charge in [0.25, 0.3) is 10.0 Å². The number of hydrogen-bond acceptors (Lipinski definition) is 5. The Labute approximate surface area is 131 Å². The van der Waals surface area contributed by atoms with Crippen LogP contribution in [0.25, 0.3) is 0 Å². The molecule has 1 aliphatic heterocycles. The van der Waals surface area contributed by atoms with Crippen LogP contribution in [0.3, 0.4) is 0 Å². The lowest BCUT2D eigenvalue weighted by Crippen LogP contribution is -2.33. The number of nitrogens with one attached hydrogen (secondary N) is 1. The minimum Gasteiger partial charge on any atom is -0.447 e. The van der Waals surface area contributed by atoms with E-state index < -0.39 is 10.0 Å². The molecule has 1 aromatic rings. The summed E-state index contributed by atoms with van der Waals surface area (Å²) in [6.07, 6.45) is 0.849. The highest BCUT2D eigenvalue weighted by Gasteiger charge is 2.32. The van der Waals surface area contributed by atoms with Crippen LogP contribution in [0, 0.1) is 0 Å². The lowest BCUT2D eigenvalue weighted by molar-refractivity contribution is 0.366. The van der Waals surface area contributed by atoms with Gasteiger partial charge in [-0.25, -0.2) is 8.42 Å². The first-order chi connectivity index (χ1) is 9.85. The minimum absolute atomic E-state index is 0.0557. The van der Waals surface area contributed by atoms with Crippen molar-refractivity contribution >= 4 is 21.8 Å². The Morgan fingerprint density at radius 1 is 1.38 bits per heavy atom. The quantitative estimate of drug-likeness (QED) is 0.896. The molecule has 1 aromatic heterocycles. The molecular formula is C14H24N2O3S2. The molecule has 0 spiro atoms. The summed E-state index contributed by atoms with van der Waals surface area (Å²) in [5, 5.41) is 3.18. The normalized spacial score (nSPS) is 20.3. The van der Waals surface area contributed by atoms with Crippen molar-refractivity contribution in [2.45, 2.75) is 43.6 Å². The van der Waals surface area contributed by atoms with Crippen LogP contribution in [-0.2, 0) is 16.6 Å². The lowest BCUT2D eigenvalue weighted by atomic mass is 10.1. The molecule has 2 heterocycles. The Bertz CT molecular complexity index is 567. The first-order valence-electron chi connectivity index (χ1n) is 7.29. The van der Waals surface area contributed by atoms with Crippen molar-refractivity contribution < 1.29 is 12.8 Å². The topological polar surface area (TPSA) is 62.6 Å². The van der Waals surface area contributed by atoms with Gasteiger partial charge in [-0.2, -0.15) is 16.1 Å². The van der Waals surface area contributed by atoms with Crippen LogP contribution >= 0.6 is 11.8 Å². The monoisotopic (exact) mass is 332 g/mol. The van der Waals surface area contributed by atoms with Gasteiger partial charge in [0, 0.05) is 23.6 Å². The third kappa shape index (κ3) is 4.25. The molecule has 21 heavy (non-hydrogen) atoms. The molecule has 0 unspecified atom stereocenters. The Morgan fingerprint density at radius 3 is 2.86 bits per heavy atom. The first-order valence-corrected chi connectivity index (χ1v) is 9.71. The van der Waals surface area contributed by atoms with Crippen LogP contribution in [0.5, 0.6) is 0 Å². The van der Waals surface area contributed by atoms with Gasteiger partial charge in [-0.15, -0.1) is 0 Å². The maximum Gasteiger partial charge on any atom is 0.276 e. The fourth-order valence-corrected chi connectivity index (χ4v) is 4.79. The maximum absolute atomic E-state index is 12.6. The minimum atomic E-state index is -3.51. The van der Waals surface area contributed by atoms with Crippen molar-refractivity contribution in [2.75, 3.05) is 25.4 Å². The molecule has 1 N–H and O–H groups in total. The summed E-state index contributed by atoms with van der Waals surface area (Å²) in [5.41, 5.74) is 0. The van der Waals surface area contributed by atoms with Crippen LogP contribution < -0.4 is 5.32 Å². The molecule has 0 saturated carbocycles. The third-order valence-corrected chi connectivity index (χ3v) is 6.72. The SMILES string of the molecule is CCNCc1ccc(S(=O)(=O)N2CCSC(C)(C)CC2)o1. The fraction of sp³-hybridized carbons (Fsp3) is 0.714. The third-order valence-electron chi connectivity index (χ3n) is 3.58. The van der Waals surface area contributed by atoms with Crippen molar-refractivity contribution in [3.8, 4) is 0 Å². The standard InChI is InChI=1S/C14H24N2O3S2/c1-4-15-11-12-5-6-13(19-12)21(17,18)16-8-7-14(2,3)20-10-9-16/h5-6,15H,4,7-11H2,1-3H3. The average Bonchev–Trinajstić information content (AvgIpc) is 2.81. The molecule has 0 aliphatic carbocycles. The summed E-state index contributed by atoms with van der Waals surface area (Å²) in [7, 11) is -3.51.